The van der Waals surface area contributed by atoms with Crippen molar-refractivity contribution in [1.82, 2.24) is 15.0 Å². The van der Waals surface area contributed by atoms with Gasteiger partial charge in [0.25, 0.3) is 0 Å². The molecular formula is C19H21N5. The van der Waals surface area contributed by atoms with E-state index in [0.29, 0.717) is 12.5 Å². The van der Waals surface area contributed by atoms with Crippen molar-refractivity contribution < 1.29 is 0 Å². The highest BCUT2D eigenvalue weighted by Gasteiger charge is 2.07. The minimum Gasteiger partial charge on any atom is -0.355 e. The van der Waals surface area contributed by atoms with Gasteiger partial charge in [-0.05, 0) is 30.2 Å². The van der Waals surface area contributed by atoms with Gasteiger partial charge in [-0.25, -0.2) is 4.98 Å². The number of nitrogens with zero attached hydrogens (tertiary/aromatic N) is 4. The van der Waals surface area contributed by atoms with Gasteiger partial charge in [0.1, 0.15) is 5.82 Å². The number of aromatic nitrogens is 3. The first-order chi connectivity index (χ1) is 11.7. The molecule has 0 saturated heterocycles. The van der Waals surface area contributed by atoms with Crippen molar-refractivity contribution in [3.63, 3.8) is 0 Å². The summed E-state index contributed by atoms with van der Waals surface area (Å²) in [6.45, 7) is 3.47. The van der Waals surface area contributed by atoms with Crippen LogP contribution in [0.1, 0.15) is 16.8 Å². The maximum absolute atomic E-state index is 4.63. The molecule has 2 aromatic heterocycles. The molecule has 3 rings (SSSR count). The van der Waals surface area contributed by atoms with Crippen LogP contribution in [0.25, 0.3) is 0 Å². The van der Waals surface area contributed by atoms with Crippen molar-refractivity contribution in [2.24, 2.45) is 0 Å². The lowest BCUT2D eigenvalue weighted by molar-refractivity contribution is 0.884. The van der Waals surface area contributed by atoms with Crippen molar-refractivity contribution in [3.8, 4) is 0 Å². The molecule has 0 fully saturated rings. The average molecular weight is 319 g/mol. The molecular weight excluding hydrogens is 298 g/mol. The number of hydrogen-bond donors (Lipinski definition) is 1. The fourth-order valence-corrected chi connectivity index (χ4v) is 2.45. The van der Waals surface area contributed by atoms with Gasteiger partial charge in [-0.2, -0.15) is 4.98 Å². The van der Waals surface area contributed by atoms with E-state index in [0.717, 1.165) is 23.6 Å². The van der Waals surface area contributed by atoms with Crippen LogP contribution in [0.15, 0.2) is 60.9 Å². The van der Waals surface area contributed by atoms with Crippen molar-refractivity contribution in [2.45, 2.75) is 20.0 Å². The second-order valence-corrected chi connectivity index (χ2v) is 5.74. The molecule has 3 aromatic rings. The molecule has 0 spiro atoms. The second kappa shape index (κ2) is 7.55. The Hall–Kier alpha value is -2.95. The van der Waals surface area contributed by atoms with Crippen molar-refractivity contribution >= 4 is 11.8 Å². The van der Waals surface area contributed by atoms with Gasteiger partial charge in [-0.1, -0.05) is 30.3 Å². The molecule has 5 heteroatoms. The minimum absolute atomic E-state index is 0.640. The van der Waals surface area contributed by atoms with E-state index in [4.69, 9.17) is 0 Å². The lowest BCUT2D eigenvalue weighted by atomic mass is 10.2. The Bertz CT molecular complexity index is 774. The Morgan fingerprint density at radius 2 is 1.71 bits per heavy atom. The summed E-state index contributed by atoms with van der Waals surface area (Å²) >= 11 is 0. The Morgan fingerprint density at radius 1 is 0.958 bits per heavy atom. The van der Waals surface area contributed by atoms with Crippen LogP contribution in [-0.4, -0.2) is 22.0 Å². The number of rotatable bonds is 6. The molecule has 0 amide bonds. The molecule has 1 N–H and O–H groups in total. The van der Waals surface area contributed by atoms with Crippen molar-refractivity contribution in [1.29, 1.82) is 0 Å². The molecule has 0 radical (unpaired) electrons. The second-order valence-electron chi connectivity index (χ2n) is 5.74. The summed E-state index contributed by atoms with van der Waals surface area (Å²) in [4.78, 5) is 15.3. The van der Waals surface area contributed by atoms with Crippen LogP contribution in [-0.2, 0) is 13.1 Å². The molecule has 0 bridgehead atoms. The number of anilines is 2. The Balaban J connectivity index is 1.71. The number of nitrogens with one attached hydrogen (secondary N) is 1. The van der Waals surface area contributed by atoms with Crippen LogP contribution in [0.5, 0.6) is 0 Å². The number of pyridine rings is 1. The fraction of sp³-hybridized carbons (Fsp3) is 0.211. The monoisotopic (exact) mass is 319 g/mol. The standard InChI is InChI=1S/C19H21N5/c1-15-12-18(24(2)14-17-6-4-3-5-7-17)23-19(22-15)21-13-16-8-10-20-11-9-16/h3-12H,13-14H2,1-2H3,(H,21,22,23). The molecule has 122 valence electrons. The Morgan fingerprint density at radius 3 is 2.46 bits per heavy atom. The highest BCUT2D eigenvalue weighted by molar-refractivity contribution is 5.45. The Labute approximate surface area is 142 Å². The first kappa shape index (κ1) is 15.9. The summed E-state index contributed by atoms with van der Waals surface area (Å²) in [6, 6.07) is 16.3. The van der Waals surface area contributed by atoms with Gasteiger partial charge in [-0.3, -0.25) is 4.98 Å². The summed E-state index contributed by atoms with van der Waals surface area (Å²) in [5.41, 5.74) is 3.34. The van der Waals surface area contributed by atoms with E-state index in [1.807, 2.05) is 38.2 Å². The van der Waals surface area contributed by atoms with Gasteiger partial charge < -0.3 is 10.2 Å². The average Bonchev–Trinajstić information content (AvgIpc) is 2.61. The zero-order valence-corrected chi connectivity index (χ0v) is 14.0. The van der Waals surface area contributed by atoms with E-state index in [2.05, 4.69) is 49.4 Å². The van der Waals surface area contributed by atoms with E-state index in [-0.39, 0.29) is 0 Å². The predicted octanol–water partition coefficient (Wildman–Crippen LogP) is 3.43. The number of benzene rings is 1. The molecule has 0 aliphatic carbocycles. The zero-order valence-electron chi connectivity index (χ0n) is 14.0. The van der Waals surface area contributed by atoms with Crippen LogP contribution in [0, 0.1) is 6.92 Å². The van der Waals surface area contributed by atoms with Crippen LogP contribution in [0.3, 0.4) is 0 Å². The number of hydrogen-bond acceptors (Lipinski definition) is 5. The fourth-order valence-electron chi connectivity index (χ4n) is 2.45. The molecule has 0 aliphatic rings. The van der Waals surface area contributed by atoms with Gasteiger partial charge in [0, 0.05) is 44.3 Å². The third-order valence-electron chi connectivity index (χ3n) is 3.69. The molecule has 0 unspecified atom stereocenters. The molecule has 5 nitrogen and oxygen atoms in total. The summed E-state index contributed by atoms with van der Waals surface area (Å²) in [6.07, 6.45) is 3.57. The molecule has 0 aliphatic heterocycles. The van der Waals surface area contributed by atoms with Crippen LogP contribution in [0.2, 0.25) is 0 Å². The lowest BCUT2D eigenvalue weighted by Gasteiger charge is -2.19. The van der Waals surface area contributed by atoms with Crippen LogP contribution >= 0.6 is 0 Å². The lowest BCUT2D eigenvalue weighted by Crippen LogP contribution is -2.19. The van der Waals surface area contributed by atoms with Gasteiger partial charge in [0.05, 0.1) is 0 Å². The molecule has 0 saturated carbocycles. The summed E-state index contributed by atoms with van der Waals surface area (Å²) in [7, 11) is 2.04. The van der Waals surface area contributed by atoms with E-state index < -0.39 is 0 Å². The predicted molar refractivity (Wildman–Crippen MR) is 96.9 cm³/mol. The van der Waals surface area contributed by atoms with E-state index in [1.54, 1.807) is 12.4 Å². The van der Waals surface area contributed by atoms with E-state index in [1.165, 1.54) is 5.56 Å². The third-order valence-corrected chi connectivity index (χ3v) is 3.69. The summed E-state index contributed by atoms with van der Waals surface area (Å²) < 4.78 is 0. The normalized spacial score (nSPS) is 10.4. The SMILES string of the molecule is Cc1cc(N(C)Cc2ccccc2)nc(NCc2ccncc2)n1. The van der Waals surface area contributed by atoms with Crippen LogP contribution in [0.4, 0.5) is 11.8 Å². The van der Waals surface area contributed by atoms with Gasteiger partial charge in [0.15, 0.2) is 0 Å². The maximum Gasteiger partial charge on any atom is 0.225 e. The number of aryl methyl sites for hydroxylation is 1. The molecule has 2 heterocycles. The van der Waals surface area contributed by atoms with E-state index in [9.17, 15) is 0 Å². The highest BCUT2D eigenvalue weighted by Crippen LogP contribution is 2.16. The third kappa shape index (κ3) is 4.29. The van der Waals surface area contributed by atoms with Gasteiger partial charge in [0.2, 0.25) is 5.95 Å². The highest BCUT2D eigenvalue weighted by atomic mass is 15.2. The van der Waals surface area contributed by atoms with Gasteiger partial charge in [-0.15, -0.1) is 0 Å². The first-order valence-corrected chi connectivity index (χ1v) is 7.94. The quantitative estimate of drug-likeness (QED) is 0.754. The minimum atomic E-state index is 0.640. The molecule has 1 aromatic carbocycles. The van der Waals surface area contributed by atoms with E-state index >= 15 is 0 Å². The maximum atomic E-state index is 4.63. The topological polar surface area (TPSA) is 53.9 Å². The van der Waals surface area contributed by atoms with Crippen molar-refractivity contribution in [3.05, 3.63) is 77.7 Å². The van der Waals surface area contributed by atoms with Crippen molar-refractivity contribution in [2.75, 3.05) is 17.3 Å². The summed E-state index contributed by atoms with van der Waals surface area (Å²) in [5, 5.41) is 3.28. The molecule has 0 atom stereocenters. The first-order valence-electron chi connectivity index (χ1n) is 7.94. The molecule has 24 heavy (non-hydrogen) atoms. The largest absolute Gasteiger partial charge is 0.355 e. The van der Waals surface area contributed by atoms with Crippen LogP contribution < -0.4 is 10.2 Å². The smallest absolute Gasteiger partial charge is 0.225 e. The van der Waals surface area contributed by atoms with Gasteiger partial charge >= 0.3 is 0 Å². The zero-order chi connectivity index (χ0) is 16.8. The Kier molecular flexibility index (Phi) is 5.01. The summed E-state index contributed by atoms with van der Waals surface area (Å²) in [5.74, 6) is 1.55.